The van der Waals surface area contributed by atoms with Crippen molar-refractivity contribution in [2.45, 2.75) is 6.42 Å². The molecule has 1 heterocycles. The molecule has 1 aromatic heterocycles. The summed E-state index contributed by atoms with van der Waals surface area (Å²) in [5.74, 6) is -3.80. The van der Waals surface area contributed by atoms with Gasteiger partial charge in [0, 0.05) is 20.3 Å². The van der Waals surface area contributed by atoms with Crippen molar-refractivity contribution >= 4 is 17.5 Å². The van der Waals surface area contributed by atoms with Gasteiger partial charge in [0.2, 0.25) is 5.95 Å². The van der Waals surface area contributed by atoms with Crippen LogP contribution in [0.2, 0.25) is 0 Å². The summed E-state index contributed by atoms with van der Waals surface area (Å²) < 4.78 is 44.5. The van der Waals surface area contributed by atoms with Crippen LogP contribution >= 0.6 is 0 Å². The number of anilines is 3. The fraction of sp³-hybridized carbons (Fsp3) is 0.308. The van der Waals surface area contributed by atoms with Crippen molar-refractivity contribution in [2.75, 3.05) is 30.9 Å². The number of nitrogens with zero attached hydrogens (tertiary/aromatic N) is 3. The molecule has 0 aliphatic rings. The molecule has 2 rings (SSSR count). The highest BCUT2D eigenvalue weighted by molar-refractivity contribution is 5.55. The minimum Gasteiger partial charge on any atom is -0.385 e. The number of rotatable bonds is 7. The molecule has 118 valence electrons. The maximum atomic E-state index is 13.6. The number of nitrogens with one attached hydrogen (secondary N) is 2. The Morgan fingerprint density at radius 2 is 2.00 bits per heavy atom. The molecule has 0 radical (unpaired) electrons. The monoisotopic (exact) mass is 313 g/mol. The number of halogens is 3. The third kappa shape index (κ3) is 4.04. The van der Waals surface area contributed by atoms with Gasteiger partial charge in [-0.3, -0.25) is 0 Å². The van der Waals surface area contributed by atoms with Gasteiger partial charge in [0.05, 0.1) is 11.9 Å². The normalized spacial score (nSPS) is 10.5. The summed E-state index contributed by atoms with van der Waals surface area (Å²) in [5, 5.41) is 12.8. The van der Waals surface area contributed by atoms with E-state index >= 15 is 0 Å². The molecule has 0 fully saturated rings. The van der Waals surface area contributed by atoms with Gasteiger partial charge in [-0.15, -0.1) is 5.10 Å². The molecule has 6 nitrogen and oxygen atoms in total. The van der Waals surface area contributed by atoms with Crippen LogP contribution in [-0.2, 0) is 4.74 Å². The van der Waals surface area contributed by atoms with Crippen molar-refractivity contribution in [3.8, 4) is 0 Å². The molecule has 0 saturated heterocycles. The van der Waals surface area contributed by atoms with E-state index in [0.717, 1.165) is 18.6 Å². The molecule has 22 heavy (non-hydrogen) atoms. The van der Waals surface area contributed by atoms with E-state index in [4.69, 9.17) is 4.74 Å². The highest BCUT2D eigenvalue weighted by Gasteiger charge is 2.14. The number of methoxy groups -OCH3 is 1. The summed E-state index contributed by atoms with van der Waals surface area (Å²) in [4.78, 5) is 4.04. The van der Waals surface area contributed by atoms with E-state index in [1.165, 1.54) is 6.20 Å². The molecule has 0 aliphatic carbocycles. The fourth-order valence-electron chi connectivity index (χ4n) is 1.62. The zero-order chi connectivity index (χ0) is 15.9. The molecule has 9 heteroatoms. The maximum absolute atomic E-state index is 13.6. The van der Waals surface area contributed by atoms with E-state index in [-0.39, 0.29) is 11.6 Å². The first-order valence-electron chi connectivity index (χ1n) is 6.45. The molecule has 0 unspecified atom stereocenters. The van der Waals surface area contributed by atoms with Gasteiger partial charge in [0.1, 0.15) is 0 Å². The third-order valence-electron chi connectivity index (χ3n) is 2.67. The van der Waals surface area contributed by atoms with Gasteiger partial charge in [0.25, 0.3) is 0 Å². The Morgan fingerprint density at radius 3 is 2.77 bits per heavy atom. The van der Waals surface area contributed by atoms with Crippen LogP contribution in [-0.4, -0.2) is 35.4 Å². The molecule has 0 atom stereocenters. The highest BCUT2D eigenvalue weighted by Crippen LogP contribution is 2.22. The standard InChI is InChI=1S/C13H14F3N5O/c1-22-6-2-5-17-10-7-18-21-13(20-10)19-9-4-3-8(14)11(15)12(9)16/h3-4,7H,2,5-6H2,1H3,(H2,17,19,20,21). The summed E-state index contributed by atoms with van der Waals surface area (Å²) >= 11 is 0. The second-order valence-electron chi connectivity index (χ2n) is 4.29. The number of benzene rings is 1. The van der Waals surface area contributed by atoms with E-state index < -0.39 is 17.5 Å². The molecule has 0 saturated carbocycles. The Kier molecular flexibility index (Phi) is 5.48. The van der Waals surface area contributed by atoms with Crippen LogP contribution in [0.25, 0.3) is 0 Å². The Morgan fingerprint density at radius 1 is 1.18 bits per heavy atom. The summed E-state index contributed by atoms with van der Waals surface area (Å²) in [6.45, 7) is 1.20. The van der Waals surface area contributed by atoms with Crippen LogP contribution in [0.1, 0.15) is 6.42 Å². The first-order chi connectivity index (χ1) is 10.6. The Balaban J connectivity index is 2.06. The molecule has 2 N–H and O–H groups in total. The lowest BCUT2D eigenvalue weighted by atomic mass is 10.3. The van der Waals surface area contributed by atoms with Crippen LogP contribution in [0.4, 0.5) is 30.6 Å². The Labute approximate surface area is 124 Å². The quantitative estimate of drug-likeness (QED) is 0.604. The topological polar surface area (TPSA) is 72.0 Å². The molecular formula is C13H14F3N5O. The van der Waals surface area contributed by atoms with E-state index in [1.54, 1.807) is 7.11 Å². The summed E-state index contributed by atoms with van der Waals surface area (Å²) in [7, 11) is 1.60. The predicted molar refractivity (Wildman–Crippen MR) is 74.4 cm³/mol. The van der Waals surface area contributed by atoms with Gasteiger partial charge < -0.3 is 15.4 Å². The number of hydrogen-bond acceptors (Lipinski definition) is 6. The van der Waals surface area contributed by atoms with Gasteiger partial charge in [-0.05, 0) is 18.6 Å². The zero-order valence-corrected chi connectivity index (χ0v) is 11.7. The first-order valence-corrected chi connectivity index (χ1v) is 6.45. The molecule has 1 aromatic carbocycles. The molecule has 0 amide bonds. The van der Waals surface area contributed by atoms with Crippen molar-refractivity contribution < 1.29 is 17.9 Å². The van der Waals surface area contributed by atoms with Gasteiger partial charge in [-0.1, -0.05) is 0 Å². The van der Waals surface area contributed by atoms with Crippen molar-refractivity contribution in [3.05, 3.63) is 35.8 Å². The van der Waals surface area contributed by atoms with Crippen molar-refractivity contribution in [1.29, 1.82) is 0 Å². The predicted octanol–water partition coefficient (Wildman–Crippen LogP) is 2.48. The van der Waals surface area contributed by atoms with Crippen molar-refractivity contribution in [3.63, 3.8) is 0 Å². The van der Waals surface area contributed by atoms with Crippen LogP contribution in [0.3, 0.4) is 0 Å². The number of ether oxygens (including phenoxy) is 1. The van der Waals surface area contributed by atoms with E-state index in [2.05, 4.69) is 25.8 Å². The third-order valence-corrected chi connectivity index (χ3v) is 2.67. The van der Waals surface area contributed by atoms with Gasteiger partial charge in [-0.2, -0.15) is 10.1 Å². The minimum atomic E-state index is -1.56. The lowest BCUT2D eigenvalue weighted by Gasteiger charge is -2.08. The first kappa shape index (κ1) is 16.0. The van der Waals surface area contributed by atoms with Gasteiger partial charge in [0.15, 0.2) is 23.3 Å². The van der Waals surface area contributed by atoms with Crippen LogP contribution in [0.15, 0.2) is 18.3 Å². The molecule has 0 bridgehead atoms. The average Bonchev–Trinajstić information content (AvgIpc) is 2.53. The second-order valence-corrected chi connectivity index (χ2v) is 4.29. The van der Waals surface area contributed by atoms with Crippen LogP contribution in [0.5, 0.6) is 0 Å². The van der Waals surface area contributed by atoms with E-state index in [0.29, 0.717) is 19.0 Å². The Hall–Kier alpha value is -2.42. The summed E-state index contributed by atoms with van der Waals surface area (Å²) in [6, 6.07) is 1.86. The summed E-state index contributed by atoms with van der Waals surface area (Å²) in [6.07, 6.45) is 2.15. The van der Waals surface area contributed by atoms with E-state index in [9.17, 15) is 13.2 Å². The molecule has 2 aromatic rings. The average molecular weight is 313 g/mol. The van der Waals surface area contributed by atoms with Gasteiger partial charge >= 0.3 is 0 Å². The lowest BCUT2D eigenvalue weighted by molar-refractivity contribution is 0.197. The SMILES string of the molecule is COCCCNc1cnnc(Nc2ccc(F)c(F)c2F)n1. The van der Waals surface area contributed by atoms with Crippen LogP contribution < -0.4 is 10.6 Å². The highest BCUT2D eigenvalue weighted by atomic mass is 19.2. The van der Waals surface area contributed by atoms with Crippen LogP contribution in [0, 0.1) is 17.5 Å². The second kappa shape index (κ2) is 7.55. The number of aromatic nitrogens is 3. The number of hydrogen-bond donors (Lipinski definition) is 2. The van der Waals surface area contributed by atoms with Crippen molar-refractivity contribution in [1.82, 2.24) is 15.2 Å². The minimum absolute atomic E-state index is 0.0401. The lowest BCUT2D eigenvalue weighted by Crippen LogP contribution is -2.09. The Bertz CT molecular complexity index is 641. The smallest absolute Gasteiger partial charge is 0.249 e. The summed E-state index contributed by atoms with van der Waals surface area (Å²) in [5.41, 5.74) is -0.280. The zero-order valence-electron chi connectivity index (χ0n) is 11.7. The maximum Gasteiger partial charge on any atom is 0.249 e. The fourth-order valence-corrected chi connectivity index (χ4v) is 1.62. The largest absolute Gasteiger partial charge is 0.385 e. The molecule has 0 spiro atoms. The van der Waals surface area contributed by atoms with Gasteiger partial charge in [-0.25, -0.2) is 13.2 Å². The van der Waals surface area contributed by atoms with E-state index in [1.807, 2.05) is 0 Å². The van der Waals surface area contributed by atoms with Crippen molar-refractivity contribution in [2.24, 2.45) is 0 Å². The molecule has 0 aliphatic heterocycles. The molecular weight excluding hydrogens is 299 g/mol.